The van der Waals surface area contributed by atoms with E-state index in [9.17, 15) is 0 Å². The fourth-order valence-electron chi connectivity index (χ4n) is 0.822. The van der Waals surface area contributed by atoms with Gasteiger partial charge in [-0.2, -0.15) is 0 Å². The highest BCUT2D eigenvalue weighted by atomic mass is 16.6. The Morgan fingerprint density at radius 2 is 1.91 bits per heavy atom. The Labute approximate surface area is 69.8 Å². The Balaban J connectivity index is 0.000000461. The van der Waals surface area contributed by atoms with E-state index in [0.29, 0.717) is 6.10 Å². The molecule has 1 heterocycles. The van der Waals surface area contributed by atoms with Crippen molar-refractivity contribution in [2.24, 2.45) is 0 Å². The minimum absolute atomic E-state index is 0.409. The highest BCUT2D eigenvalue weighted by Gasteiger charge is 2.24. The molecule has 0 radical (unpaired) electrons. The fraction of sp³-hybridized carbons (Fsp3) is 0.600. The van der Waals surface area contributed by atoms with Crippen LogP contribution in [0.5, 0.6) is 0 Å². The first-order valence-electron chi connectivity index (χ1n) is 4.29. The normalized spacial score (nSPS) is 22.9. The molecular weight excluding hydrogens is 136 g/mol. The topological polar surface area (TPSA) is 12.5 Å². The van der Waals surface area contributed by atoms with Crippen molar-refractivity contribution in [3.63, 3.8) is 0 Å². The van der Waals surface area contributed by atoms with Gasteiger partial charge >= 0.3 is 0 Å². The summed E-state index contributed by atoms with van der Waals surface area (Å²) in [6.45, 7) is 8.97. The molecule has 0 amide bonds. The Bertz CT molecular complexity index is 141. The molecule has 0 aliphatic carbocycles. The number of hydrogen-bond donors (Lipinski definition) is 0. The Hall–Kier alpha value is -0.560. The van der Waals surface area contributed by atoms with E-state index in [1.165, 1.54) is 5.57 Å². The van der Waals surface area contributed by atoms with Gasteiger partial charge in [0, 0.05) is 0 Å². The maximum atomic E-state index is 5.09. The van der Waals surface area contributed by atoms with E-state index in [0.717, 1.165) is 6.61 Å². The van der Waals surface area contributed by atoms with Crippen molar-refractivity contribution in [3.8, 4) is 0 Å². The first-order valence-corrected chi connectivity index (χ1v) is 4.29. The molecule has 1 aliphatic rings. The molecule has 0 bridgehead atoms. The van der Waals surface area contributed by atoms with E-state index in [4.69, 9.17) is 4.74 Å². The minimum Gasteiger partial charge on any atom is -0.368 e. The SMILES string of the molecule is C/C=C\C(=C/C)C1CO1.CC. The highest BCUT2D eigenvalue weighted by Crippen LogP contribution is 2.19. The molecule has 0 saturated carbocycles. The second-order valence-electron chi connectivity index (χ2n) is 2.11. The van der Waals surface area contributed by atoms with Gasteiger partial charge in [0.05, 0.1) is 6.61 Å². The van der Waals surface area contributed by atoms with Crippen LogP contribution in [0.3, 0.4) is 0 Å². The van der Waals surface area contributed by atoms with Crippen molar-refractivity contribution in [1.82, 2.24) is 0 Å². The summed E-state index contributed by atoms with van der Waals surface area (Å²) in [6.07, 6.45) is 6.64. The lowest BCUT2D eigenvalue weighted by atomic mass is 10.2. The molecule has 1 saturated heterocycles. The predicted molar refractivity (Wildman–Crippen MR) is 49.7 cm³/mol. The summed E-state index contributed by atoms with van der Waals surface area (Å²) in [5.74, 6) is 0. The van der Waals surface area contributed by atoms with Gasteiger partial charge in [0.2, 0.25) is 0 Å². The van der Waals surface area contributed by atoms with Crippen molar-refractivity contribution in [2.75, 3.05) is 6.61 Å². The number of ether oxygens (including phenoxy) is 1. The molecule has 1 rings (SSSR count). The summed E-state index contributed by atoms with van der Waals surface area (Å²) >= 11 is 0. The third-order valence-corrected chi connectivity index (χ3v) is 1.40. The number of epoxide rings is 1. The van der Waals surface area contributed by atoms with E-state index in [1.807, 2.05) is 33.8 Å². The lowest BCUT2D eigenvalue weighted by molar-refractivity contribution is 0.434. The number of rotatable bonds is 2. The van der Waals surface area contributed by atoms with E-state index < -0.39 is 0 Å². The summed E-state index contributed by atoms with van der Waals surface area (Å²) in [4.78, 5) is 0. The van der Waals surface area contributed by atoms with Crippen LogP contribution in [0.2, 0.25) is 0 Å². The molecule has 1 fully saturated rings. The first kappa shape index (κ1) is 10.4. The predicted octanol–water partition coefficient (Wildman–Crippen LogP) is 2.93. The average molecular weight is 154 g/mol. The summed E-state index contributed by atoms with van der Waals surface area (Å²) in [5.41, 5.74) is 1.30. The molecule has 0 spiro atoms. The smallest absolute Gasteiger partial charge is 0.106 e. The zero-order valence-electron chi connectivity index (χ0n) is 7.92. The summed E-state index contributed by atoms with van der Waals surface area (Å²) in [5, 5.41) is 0. The molecule has 0 aromatic rings. The second-order valence-corrected chi connectivity index (χ2v) is 2.11. The molecule has 0 aromatic heterocycles. The van der Waals surface area contributed by atoms with Crippen molar-refractivity contribution in [3.05, 3.63) is 23.8 Å². The van der Waals surface area contributed by atoms with Crippen molar-refractivity contribution < 1.29 is 4.74 Å². The van der Waals surface area contributed by atoms with Crippen LogP contribution in [-0.2, 0) is 4.74 Å². The van der Waals surface area contributed by atoms with E-state index in [-0.39, 0.29) is 0 Å². The summed E-state index contributed by atoms with van der Waals surface area (Å²) in [7, 11) is 0. The molecule has 0 N–H and O–H groups in total. The molecule has 1 aliphatic heterocycles. The number of hydrogen-bond acceptors (Lipinski definition) is 1. The zero-order chi connectivity index (χ0) is 8.69. The quantitative estimate of drug-likeness (QED) is 0.440. The highest BCUT2D eigenvalue weighted by molar-refractivity contribution is 5.25. The summed E-state index contributed by atoms with van der Waals surface area (Å²) in [6, 6.07) is 0. The average Bonchev–Trinajstić information content (AvgIpc) is 2.87. The molecule has 1 atom stereocenters. The fourth-order valence-corrected chi connectivity index (χ4v) is 0.822. The Morgan fingerprint density at radius 1 is 1.36 bits per heavy atom. The van der Waals surface area contributed by atoms with Crippen LogP contribution in [0, 0.1) is 0 Å². The molecular formula is C10H18O. The molecule has 0 aromatic carbocycles. The van der Waals surface area contributed by atoms with Gasteiger partial charge in [0.15, 0.2) is 0 Å². The maximum Gasteiger partial charge on any atom is 0.106 e. The standard InChI is InChI=1S/C8H12O.C2H6/c1-3-5-7(4-2)8-6-9-8;1-2/h3-5,8H,6H2,1-2H3;1-2H3/b5-3-,7-4+;. The third-order valence-electron chi connectivity index (χ3n) is 1.40. The lowest BCUT2D eigenvalue weighted by Gasteiger charge is -1.90. The molecule has 1 heteroatoms. The van der Waals surface area contributed by atoms with Crippen LogP contribution < -0.4 is 0 Å². The molecule has 1 unspecified atom stereocenters. The van der Waals surface area contributed by atoms with E-state index in [2.05, 4.69) is 12.2 Å². The second kappa shape index (κ2) is 6.17. The monoisotopic (exact) mass is 154 g/mol. The van der Waals surface area contributed by atoms with Crippen molar-refractivity contribution in [2.45, 2.75) is 33.8 Å². The molecule has 1 nitrogen and oxygen atoms in total. The Morgan fingerprint density at radius 3 is 2.18 bits per heavy atom. The van der Waals surface area contributed by atoms with Crippen LogP contribution in [0.15, 0.2) is 23.8 Å². The van der Waals surface area contributed by atoms with Crippen LogP contribution in [0.25, 0.3) is 0 Å². The Kier molecular flexibility index (Phi) is 5.86. The van der Waals surface area contributed by atoms with E-state index >= 15 is 0 Å². The van der Waals surface area contributed by atoms with Gasteiger partial charge in [-0.05, 0) is 19.4 Å². The first-order chi connectivity index (χ1) is 5.38. The lowest BCUT2D eigenvalue weighted by Crippen LogP contribution is -1.86. The molecule has 64 valence electrons. The largest absolute Gasteiger partial charge is 0.368 e. The van der Waals surface area contributed by atoms with Crippen LogP contribution in [0.4, 0.5) is 0 Å². The van der Waals surface area contributed by atoms with Gasteiger partial charge in [-0.15, -0.1) is 0 Å². The van der Waals surface area contributed by atoms with Gasteiger partial charge in [-0.1, -0.05) is 32.1 Å². The minimum atomic E-state index is 0.409. The van der Waals surface area contributed by atoms with Crippen LogP contribution >= 0.6 is 0 Å². The maximum absolute atomic E-state index is 5.09. The third kappa shape index (κ3) is 3.99. The van der Waals surface area contributed by atoms with Gasteiger partial charge < -0.3 is 4.74 Å². The van der Waals surface area contributed by atoms with Crippen LogP contribution in [0.1, 0.15) is 27.7 Å². The van der Waals surface area contributed by atoms with Gasteiger partial charge in [-0.25, -0.2) is 0 Å². The van der Waals surface area contributed by atoms with Gasteiger partial charge in [0.1, 0.15) is 6.10 Å². The van der Waals surface area contributed by atoms with E-state index in [1.54, 1.807) is 0 Å². The van der Waals surface area contributed by atoms with Crippen LogP contribution in [-0.4, -0.2) is 12.7 Å². The number of allylic oxidation sites excluding steroid dienone is 2. The van der Waals surface area contributed by atoms with Gasteiger partial charge in [-0.3, -0.25) is 0 Å². The van der Waals surface area contributed by atoms with Crippen molar-refractivity contribution >= 4 is 0 Å². The summed E-state index contributed by atoms with van der Waals surface area (Å²) < 4.78 is 5.09. The van der Waals surface area contributed by atoms with Gasteiger partial charge in [0.25, 0.3) is 0 Å². The molecule has 11 heavy (non-hydrogen) atoms. The van der Waals surface area contributed by atoms with Crippen molar-refractivity contribution in [1.29, 1.82) is 0 Å². The zero-order valence-corrected chi connectivity index (χ0v) is 7.92.